The smallest absolute Gasteiger partial charge is 0.175 e. The fraction of sp³-hybridized carbons (Fsp3) is 0.235. The van der Waals surface area contributed by atoms with Crippen molar-refractivity contribution in [3.63, 3.8) is 0 Å². The number of carbonyl (C=O) groups excluding carboxylic acids is 1. The molecule has 21 heavy (non-hydrogen) atoms. The van der Waals surface area contributed by atoms with E-state index in [2.05, 4.69) is 6.92 Å². The van der Waals surface area contributed by atoms with Gasteiger partial charge in [0.25, 0.3) is 0 Å². The van der Waals surface area contributed by atoms with Crippen LogP contribution in [0.3, 0.4) is 0 Å². The van der Waals surface area contributed by atoms with Crippen LogP contribution in [0.2, 0.25) is 10.0 Å². The van der Waals surface area contributed by atoms with Crippen LogP contribution >= 0.6 is 35.0 Å². The summed E-state index contributed by atoms with van der Waals surface area (Å²) in [7, 11) is 0. The molecule has 2 aromatic rings. The van der Waals surface area contributed by atoms with E-state index in [1.807, 2.05) is 37.3 Å². The minimum absolute atomic E-state index is 0.119. The van der Waals surface area contributed by atoms with Gasteiger partial charge in [0, 0.05) is 10.5 Å². The van der Waals surface area contributed by atoms with E-state index in [9.17, 15) is 4.79 Å². The zero-order valence-electron chi connectivity index (χ0n) is 11.9. The van der Waals surface area contributed by atoms with Crippen molar-refractivity contribution in [3.05, 3.63) is 63.6 Å². The number of hydrogen-bond acceptors (Lipinski definition) is 2. The Morgan fingerprint density at radius 3 is 2.33 bits per heavy atom. The fourth-order valence-electron chi connectivity index (χ4n) is 1.95. The van der Waals surface area contributed by atoms with Gasteiger partial charge >= 0.3 is 0 Å². The number of benzene rings is 2. The summed E-state index contributed by atoms with van der Waals surface area (Å²) in [6, 6.07) is 13.2. The summed E-state index contributed by atoms with van der Waals surface area (Å²) < 4.78 is 0. The Hall–Kier alpha value is -0.960. The van der Waals surface area contributed by atoms with Gasteiger partial charge < -0.3 is 0 Å². The summed E-state index contributed by atoms with van der Waals surface area (Å²) in [4.78, 5) is 13.4. The molecular weight excluding hydrogens is 323 g/mol. The SMILES string of the molecule is CCc1ccc(C(=O)C(C)Sc2ccc(Cl)c(Cl)c2)cc1. The van der Waals surface area contributed by atoms with Crippen LogP contribution in [-0.4, -0.2) is 11.0 Å². The van der Waals surface area contributed by atoms with Crippen molar-refractivity contribution in [1.29, 1.82) is 0 Å². The third-order valence-corrected chi connectivity index (χ3v) is 5.05. The predicted molar refractivity (Wildman–Crippen MR) is 91.9 cm³/mol. The molecule has 1 unspecified atom stereocenters. The van der Waals surface area contributed by atoms with Crippen molar-refractivity contribution in [3.8, 4) is 0 Å². The minimum Gasteiger partial charge on any atom is -0.293 e. The molecule has 0 aromatic heterocycles. The van der Waals surface area contributed by atoms with Gasteiger partial charge in [0.15, 0.2) is 5.78 Å². The van der Waals surface area contributed by atoms with Gasteiger partial charge in [0.1, 0.15) is 0 Å². The van der Waals surface area contributed by atoms with Crippen LogP contribution in [0, 0.1) is 0 Å². The first-order valence-electron chi connectivity index (χ1n) is 6.76. The Morgan fingerprint density at radius 2 is 1.76 bits per heavy atom. The number of carbonyl (C=O) groups is 1. The van der Waals surface area contributed by atoms with Crippen molar-refractivity contribution in [2.45, 2.75) is 30.4 Å². The highest BCUT2D eigenvalue weighted by atomic mass is 35.5. The topological polar surface area (TPSA) is 17.1 Å². The van der Waals surface area contributed by atoms with Gasteiger partial charge in [-0.05, 0) is 37.1 Å². The summed E-state index contributed by atoms with van der Waals surface area (Å²) in [5, 5.41) is 0.860. The normalized spacial score (nSPS) is 12.2. The van der Waals surface area contributed by atoms with Gasteiger partial charge in [-0.1, -0.05) is 54.4 Å². The highest BCUT2D eigenvalue weighted by molar-refractivity contribution is 8.00. The molecule has 0 bridgehead atoms. The maximum atomic E-state index is 12.4. The zero-order chi connectivity index (χ0) is 15.4. The zero-order valence-corrected chi connectivity index (χ0v) is 14.2. The lowest BCUT2D eigenvalue weighted by Crippen LogP contribution is -2.13. The molecule has 2 aromatic carbocycles. The van der Waals surface area contributed by atoms with Crippen molar-refractivity contribution >= 4 is 40.7 Å². The van der Waals surface area contributed by atoms with Gasteiger partial charge in [0.05, 0.1) is 15.3 Å². The lowest BCUT2D eigenvalue weighted by molar-refractivity contribution is 0.0994. The number of halogens is 2. The molecule has 0 heterocycles. The Morgan fingerprint density at radius 1 is 1.10 bits per heavy atom. The number of Topliss-reactive ketones (excluding diaryl/α,β-unsaturated/α-hetero) is 1. The van der Waals surface area contributed by atoms with E-state index in [1.54, 1.807) is 12.1 Å². The summed E-state index contributed by atoms with van der Waals surface area (Å²) >= 11 is 13.4. The van der Waals surface area contributed by atoms with Gasteiger partial charge in [-0.25, -0.2) is 0 Å². The van der Waals surface area contributed by atoms with Gasteiger partial charge in [-0.3, -0.25) is 4.79 Å². The Bertz CT molecular complexity index is 638. The highest BCUT2D eigenvalue weighted by Crippen LogP contribution is 2.31. The molecule has 1 nitrogen and oxygen atoms in total. The van der Waals surface area contributed by atoms with Crippen molar-refractivity contribution in [1.82, 2.24) is 0 Å². The maximum absolute atomic E-state index is 12.4. The molecule has 0 saturated carbocycles. The first-order chi connectivity index (χ1) is 10.0. The highest BCUT2D eigenvalue weighted by Gasteiger charge is 2.16. The molecule has 0 aliphatic rings. The molecule has 2 rings (SSSR count). The average molecular weight is 339 g/mol. The standard InChI is InChI=1S/C17H16Cl2OS/c1-3-12-4-6-13(7-5-12)17(20)11(2)21-14-8-9-15(18)16(19)10-14/h4-11H,3H2,1-2H3. The van der Waals surface area contributed by atoms with Gasteiger partial charge in [-0.2, -0.15) is 0 Å². The molecule has 1 atom stereocenters. The molecule has 0 N–H and O–H groups in total. The Labute approximate surface area is 139 Å². The second kappa shape index (κ2) is 7.35. The van der Waals surface area contributed by atoms with Crippen LogP contribution in [0.1, 0.15) is 29.8 Å². The molecule has 110 valence electrons. The van der Waals surface area contributed by atoms with E-state index >= 15 is 0 Å². The maximum Gasteiger partial charge on any atom is 0.175 e. The van der Waals surface area contributed by atoms with Crippen molar-refractivity contribution in [2.24, 2.45) is 0 Å². The molecule has 0 aliphatic carbocycles. The minimum atomic E-state index is -0.172. The number of thioether (sulfide) groups is 1. The van der Waals surface area contributed by atoms with Crippen LogP contribution in [0.5, 0.6) is 0 Å². The molecule has 0 saturated heterocycles. The predicted octanol–water partition coefficient (Wildman–Crippen LogP) is 5.92. The molecule has 4 heteroatoms. The lowest BCUT2D eigenvalue weighted by Gasteiger charge is -2.11. The molecule has 0 aliphatic heterocycles. The van der Waals surface area contributed by atoms with Crippen molar-refractivity contribution in [2.75, 3.05) is 0 Å². The Balaban J connectivity index is 2.09. The average Bonchev–Trinajstić information content (AvgIpc) is 2.50. The van der Waals surface area contributed by atoms with Crippen LogP contribution in [0.4, 0.5) is 0 Å². The summed E-state index contributed by atoms with van der Waals surface area (Å²) in [5.74, 6) is 0.119. The van der Waals surface area contributed by atoms with E-state index in [4.69, 9.17) is 23.2 Å². The first-order valence-corrected chi connectivity index (χ1v) is 8.39. The summed E-state index contributed by atoms with van der Waals surface area (Å²) in [6.45, 7) is 4.00. The number of hydrogen-bond donors (Lipinski definition) is 0. The van der Waals surface area contributed by atoms with E-state index in [1.165, 1.54) is 17.3 Å². The number of aryl methyl sites for hydroxylation is 1. The third-order valence-electron chi connectivity index (χ3n) is 3.22. The van der Waals surface area contributed by atoms with E-state index in [0.29, 0.717) is 10.0 Å². The van der Waals surface area contributed by atoms with E-state index < -0.39 is 0 Å². The van der Waals surface area contributed by atoms with Gasteiger partial charge in [-0.15, -0.1) is 11.8 Å². The number of rotatable bonds is 5. The number of ketones is 1. The molecule has 0 radical (unpaired) electrons. The molecule has 0 amide bonds. The second-order valence-electron chi connectivity index (χ2n) is 4.75. The van der Waals surface area contributed by atoms with Crippen LogP contribution in [-0.2, 0) is 6.42 Å². The van der Waals surface area contributed by atoms with Gasteiger partial charge in [0.2, 0.25) is 0 Å². The molecule has 0 fully saturated rings. The quantitative estimate of drug-likeness (QED) is 0.497. The van der Waals surface area contributed by atoms with Crippen LogP contribution in [0.15, 0.2) is 47.4 Å². The van der Waals surface area contributed by atoms with E-state index in [0.717, 1.165) is 16.9 Å². The molecule has 0 spiro atoms. The Kier molecular flexibility index (Phi) is 5.74. The van der Waals surface area contributed by atoms with E-state index in [-0.39, 0.29) is 11.0 Å². The molecular formula is C17H16Cl2OS. The third kappa shape index (κ3) is 4.26. The van der Waals surface area contributed by atoms with Crippen LogP contribution in [0.25, 0.3) is 0 Å². The van der Waals surface area contributed by atoms with Crippen LogP contribution < -0.4 is 0 Å². The summed E-state index contributed by atoms with van der Waals surface area (Å²) in [6.07, 6.45) is 0.974. The second-order valence-corrected chi connectivity index (χ2v) is 6.98. The summed E-state index contributed by atoms with van der Waals surface area (Å²) in [5.41, 5.74) is 1.98. The lowest BCUT2D eigenvalue weighted by atomic mass is 10.1. The fourth-order valence-corrected chi connectivity index (χ4v) is 3.29. The first kappa shape index (κ1) is 16.4. The van der Waals surface area contributed by atoms with Crippen molar-refractivity contribution < 1.29 is 4.79 Å². The monoisotopic (exact) mass is 338 g/mol. The largest absolute Gasteiger partial charge is 0.293 e.